The van der Waals surface area contributed by atoms with Crippen LogP contribution in [0.4, 0.5) is 8.78 Å². The average molecular weight is 376 g/mol. The van der Waals surface area contributed by atoms with Gasteiger partial charge in [0.25, 0.3) is 6.43 Å². The molecule has 7 heteroatoms. The maximum absolute atomic E-state index is 12.7. The molecule has 94 valence electrons. The number of esters is 1. The highest BCUT2D eigenvalue weighted by molar-refractivity contribution is 14.1. The Morgan fingerprint density at radius 3 is 2.76 bits per heavy atom. The van der Waals surface area contributed by atoms with Crippen LogP contribution in [0.1, 0.15) is 23.2 Å². The van der Waals surface area contributed by atoms with Crippen LogP contribution < -0.4 is 0 Å². The zero-order valence-electron chi connectivity index (χ0n) is 8.84. The molecule has 3 nitrogen and oxygen atoms in total. The van der Waals surface area contributed by atoms with Gasteiger partial charge < -0.3 is 4.74 Å². The van der Waals surface area contributed by atoms with E-state index in [1.165, 1.54) is 13.3 Å². The molecule has 1 aromatic heterocycles. The van der Waals surface area contributed by atoms with Crippen LogP contribution in [0, 0.1) is 3.57 Å². The minimum atomic E-state index is -2.73. The van der Waals surface area contributed by atoms with Crippen molar-refractivity contribution in [1.82, 2.24) is 4.98 Å². The van der Waals surface area contributed by atoms with Gasteiger partial charge in [0.05, 0.1) is 13.5 Å². The average Bonchev–Trinajstić information content (AvgIpc) is 2.30. The summed E-state index contributed by atoms with van der Waals surface area (Å²) in [6.07, 6.45) is -1.66. The summed E-state index contributed by atoms with van der Waals surface area (Å²) in [7, 11) is 1.20. The summed E-state index contributed by atoms with van der Waals surface area (Å²) >= 11 is 7.54. The van der Waals surface area contributed by atoms with E-state index in [1.54, 1.807) is 0 Å². The second kappa shape index (κ2) is 6.44. The first-order valence-corrected chi connectivity index (χ1v) is 6.19. The molecule has 0 aliphatic rings. The molecular formula is C10H9ClF2INO2. The molecule has 0 fully saturated rings. The normalized spacial score (nSPS) is 10.7. The van der Waals surface area contributed by atoms with Gasteiger partial charge in [0.2, 0.25) is 0 Å². The third-order valence-corrected chi connectivity index (χ3v) is 3.75. The molecule has 0 amide bonds. The first kappa shape index (κ1) is 14.6. The van der Waals surface area contributed by atoms with Gasteiger partial charge in [0.1, 0.15) is 5.69 Å². The van der Waals surface area contributed by atoms with Crippen molar-refractivity contribution in [3.05, 3.63) is 26.6 Å². The number of rotatable bonds is 4. The highest BCUT2D eigenvalue weighted by Crippen LogP contribution is 2.28. The fourth-order valence-electron chi connectivity index (χ4n) is 1.25. The van der Waals surface area contributed by atoms with Gasteiger partial charge in [0, 0.05) is 21.2 Å². The highest BCUT2D eigenvalue weighted by Gasteiger charge is 2.21. The Bertz CT molecular complexity index is 429. The third kappa shape index (κ3) is 3.48. The van der Waals surface area contributed by atoms with E-state index >= 15 is 0 Å². The molecule has 0 spiro atoms. The zero-order valence-corrected chi connectivity index (χ0v) is 11.8. The number of carbonyl (C=O) groups is 1. The first-order valence-electron chi connectivity index (χ1n) is 4.58. The number of alkyl halides is 3. The summed E-state index contributed by atoms with van der Waals surface area (Å²) in [6, 6.07) is 0. The van der Waals surface area contributed by atoms with Crippen molar-refractivity contribution in [2.45, 2.75) is 18.7 Å². The third-order valence-electron chi connectivity index (χ3n) is 2.11. The number of halogens is 4. The van der Waals surface area contributed by atoms with Gasteiger partial charge in [-0.15, -0.1) is 11.6 Å². The highest BCUT2D eigenvalue weighted by atomic mass is 127. The van der Waals surface area contributed by atoms with Gasteiger partial charge in [-0.25, -0.2) is 8.78 Å². The Hall–Kier alpha value is -0.500. The van der Waals surface area contributed by atoms with Gasteiger partial charge in [-0.2, -0.15) is 0 Å². The number of ether oxygens (including phenoxy) is 1. The first-order chi connectivity index (χ1) is 8.01. The smallest absolute Gasteiger partial charge is 0.310 e. The lowest BCUT2D eigenvalue weighted by Gasteiger charge is -2.11. The molecule has 0 unspecified atom stereocenters. The number of hydrogen-bond donors (Lipinski definition) is 0. The molecule has 0 aliphatic carbocycles. The quantitative estimate of drug-likeness (QED) is 0.461. The van der Waals surface area contributed by atoms with Crippen LogP contribution in [0.25, 0.3) is 0 Å². The molecule has 0 aliphatic heterocycles. The largest absolute Gasteiger partial charge is 0.469 e. The summed E-state index contributed by atoms with van der Waals surface area (Å²) < 4.78 is 30.5. The number of methoxy groups -OCH3 is 1. The molecule has 0 saturated heterocycles. The number of aromatic nitrogens is 1. The van der Waals surface area contributed by atoms with E-state index in [1.807, 2.05) is 22.6 Å². The van der Waals surface area contributed by atoms with E-state index in [0.717, 1.165) is 0 Å². The zero-order chi connectivity index (χ0) is 13.0. The van der Waals surface area contributed by atoms with E-state index in [9.17, 15) is 13.6 Å². The summed E-state index contributed by atoms with van der Waals surface area (Å²) in [4.78, 5) is 14.8. The van der Waals surface area contributed by atoms with E-state index < -0.39 is 18.1 Å². The number of hydrogen-bond acceptors (Lipinski definition) is 3. The van der Waals surface area contributed by atoms with Crippen LogP contribution >= 0.6 is 34.2 Å². The molecule has 0 aromatic carbocycles. The molecule has 1 heterocycles. The van der Waals surface area contributed by atoms with Gasteiger partial charge in [-0.3, -0.25) is 9.78 Å². The van der Waals surface area contributed by atoms with Crippen molar-refractivity contribution in [2.75, 3.05) is 7.11 Å². The maximum Gasteiger partial charge on any atom is 0.310 e. The summed E-state index contributed by atoms with van der Waals surface area (Å²) in [5, 5.41) is 0. The lowest BCUT2D eigenvalue weighted by molar-refractivity contribution is -0.139. The maximum atomic E-state index is 12.7. The van der Waals surface area contributed by atoms with Crippen molar-refractivity contribution in [3.63, 3.8) is 0 Å². The SMILES string of the molecule is COC(=O)Cc1c(C(F)F)ncc(CCl)c1I. The molecule has 0 radical (unpaired) electrons. The fraction of sp³-hybridized carbons (Fsp3) is 0.400. The van der Waals surface area contributed by atoms with Crippen molar-refractivity contribution in [3.8, 4) is 0 Å². The Kier molecular flexibility index (Phi) is 5.51. The number of nitrogens with zero attached hydrogens (tertiary/aromatic N) is 1. The molecule has 1 rings (SSSR count). The molecule has 0 atom stereocenters. The predicted octanol–water partition coefficient (Wildman–Crippen LogP) is 3.08. The van der Waals surface area contributed by atoms with E-state index in [0.29, 0.717) is 9.13 Å². The lowest BCUT2D eigenvalue weighted by atomic mass is 10.1. The number of carbonyl (C=O) groups excluding carboxylic acids is 1. The molecule has 0 N–H and O–H groups in total. The summed E-state index contributed by atoms with van der Waals surface area (Å²) in [6.45, 7) is 0. The standard InChI is InChI=1S/C10H9ClF2INO2/c1-17-7(16)2-6-8(14)5(3-11)4-15-9(6)10(12)13/h4,10H,2-3H2,1H3. The Morgan fingerprint density at radius 1 is 1.65 bits per heavy atom. The van der Waals surface area contributed by atoms with Crippen LogP contribution in [-0.2, 0) is 21.8 Å². The topological polar surface area (TPSA) is 39.2 Å². The second-order valence-corrected chi connectivity index (χ2v) is 4.49. The molecule has 0 bridgehead atoms. The fourth-order valence-corrected chi connectivity index (χ4v) is 2.48. The summed E-state index contributed by atoms with van der Waals surface area (Å²) in [5.74, 6) is -0.429. The van der Waals surface area contributed by atoms with Crippen LogP contribution in [0.3, 0.4) is 0 Å². The van der Waals surface area contributed by atoms with Gasteiger partial charge in [-0.05, 0) is 28.2 Å². The molecule has 1 aromatic rings. The van der Waals surface area contributed by atoms with Crippen molar-refractivity contribution < 1.29 is 18.3 Å². The Morgan fingerprint density at radius 2 is 2.29 bits per heavy atom. The van der Waals surface area contributed by atoms with Gasteiger partial charge in [0.15, 0.2) is 0 Å². The van der Waals surface area contributed by atoms with Crippen molar-refractivity contribution >= 4 is 40.2 Å². The lowest BCUT2D eigenvalue weighted by Crippen LogP contribution is -2.11. The number of pyridine rings is 1. The van der Waals surface area contributed by atoms with Gasteiger partial charge >= 0.3 is 5.97 Å². The van der Waals surface area contributed by atoms with Crippen molar-refractivity contribution in [1.29, 1.82) is 0 Å². The van der Waals surface area contributed by atoms with E-state index in [-0.39, 0.29) is 17.9 Å². The van der Waals surface area contributed by atoms with Crippen LogP contribution in [0.2, 0.25) is 0 Å². The second-order valence-electron chi connectivity index (χ2n) is 3.15. The molecule has 0 saturated carbocycles. The minimum absolute atomic E-state index is 0.156. The molecule has 17 heavy (non-hydrogen) atoms. The van der Waals surface area contributed by atoms with Crippen LogP contribution in [-0.4, -0.2) is 18.1 Å². The monoisotopic (exact) mass is 375 g/mol. The van der Waals surface area contributed by atoms with Crippen molar-refractivity contribution in [2.24, 2.45) is 0 Å². The van der Waals surface area contributed by atoms with Crippen LogP contribution in [0.5, 0.6) is 0 Å². The van der Waals surface area contributed by atoms with E-state index in [2.05, 4.69) is 9.72 Å². The van der Waals surface area contributed by atoms with Gasteiger partial charge in [-0.1, -0.05) is 0 Å². The molecular weight excluding hydrogens is 366 g/mol. The van der Waals surface area contributed by atoms with E-state index in [4.69, 9.17) is 11.6 Å². The summed E-state index contributed by atoms with van der Waals surface area (Å²) in [5.41, 5.74) is 0.412. The Balaban J connectivity index is 3.24. The predicted molar refractivity (Wildman–Crippen MR) is 67.2 cm³/mol. The minimum Gasteiger partial charge on any atom is -0.469 e. The van der Waals surface area contributed by atoms with Crippen LogP contribution in [0.15, 0.2) is 6.20 Å². The Labute approximate surface area is 116 Å².